The minimum absolute atomic E-state index is 0.0889. The lowest BCUT2D eigenvalue weighted by Gasteiger charge is -1.98. The lowest BCUT2D eigenvalue weighted by Crippen LogP contribution is -2.16. The Hall–Kier alpha value is -1.55. The maximum Gasteiger partial charge on any atom is 0.194 e. The van der Waals surface area contributed by atoms with E-state index in [0.29, 0.717) is 5.69 Å². The molecule has 0 saturated heterocycles. The summed E-state index contributed by atoms with van der Waals surface area (Å²) >= 11 is 0. The van der Waals surface area contributed by atoms with Crippen molar-refractivity contribution in [3.05, 3.63) is 29.6 Å². The van der Waals surface area contributed by atoms with E-state index in [1.54, 1.807) is 18.2 Å². The molecule has 0 saturated carbocycles. The first-order chi connectivity index (χ1) is 6.15. The monoisotopic (exact) mass is 178 g/mol. The zero-order valence-electron chi connectivity index (χ0n) is 7.28. The molecular formula is C9H10N2O2. The normalized spacial score (nSPS) is 9.69. The molecule has 1 rings (SSSR count). The van der Waals surface area contributed by atoms with E-state index in [0.717, 1.165) is 0 Å². The van der Waals surface area contributed by atoms with Gasteiger partial charge < -0.3 is 5.73 Å². The molecule has 0 unspecified atom stereocenters. The average molecular weight is 178 g/mol. The standard InChI is InChI=1S/C9H10N2O2/c1-6(12)7-3-2-4-8(11-7)9(13)5-10/h2-4H,5,10H2,1H3. The number of rotatable bonds is 3. The summed E-state index contributed by atoms with van der Waals surface area (Å²) in [5.41, 5.74) is 5.69. The fourth-order valence-electron chi connectivity index (χ4n) is 0.891. The molecule has 0 atom stereocenters. The van der Waals surface area contributed by atoms with Crippen LogP contribution in [-0.2, 0) is 0 Å². The van der Waals surface area contributed by atoms with E-state index in [-0.39, 0.29) is 23.8 Å². The van der Waals surface area contributed by atoms with Gasteiger partial charge in [-0.1, -0.05) is 6.07 Å². The second kappa shape index (κ2) is 3.91. The zero-order chi connectivity index (χ0) is 9.84. The van der Waals surface area contributed by atoms with Crippen LogP contribution >= 0.6 is 0 Å². The number of hydrogen-bond acceptors (Lipinski definition) is 4. The molecule has 13 heavy (non-hydrogen) atoms. The summed E-state index contributed by atoms with van der Waals surface area (Å²) < 4.78 is 0. The fourth-order valence-corrected chi connectivity index (χ4v) is 0.891. The van der Waals surface area contributed by atoms with Crippen molar-refractivity contribution in [2.75, 3.05) is 6.54 Å². The Kier molecular flexibility index (Phi) is 2.87. The van der Waals surface area contributed by atoms with Crippen LogP contribution in [0.3, 0.4) is 0 Å². The topological polar surface area (TPSA) is 73.0 Å². The number of carbonyl (C=O) groups is 2. The lowest BCUT2D eigenvalue weighted by atomic mass is 10.2. The van der Waals surface area contributed by atoms with E-state index in [1.165, 1.54) is 6.92 Å². The van der Waals surface area contributed by atoms with E-state index in [1.807, 2.05) is 0 Å². The summed E-state index contributed by atoms with van der Waals surface area (Å²) in [5.74, 6) is -0.422. The fraction of sp³-hybridized carbons (Fsp3) is 0.222. The maximum atomic E-state index is 11.1. The Morgan fingerprint density at radius 2 is 2.00 bits per heavy atom. The average Bonchev–Trinajstić information content (AvgIpc) is 2.17. The van der Waals surface area contributed by atoms with Crippen LogP contribution in [0, 0.1) is 0 Å². The van der Waals surface area contributed by atoms with E-state index in [2.05, 4.69) is 4.98 Å². The van der Waals surface area contributed by atoms with Gasteiger partial charge in [-0.3, -0.25) is 9.59 Å². The van der Waals surface area contributed by atoms with Crippen LogP contribution in [0.2, 0.25) is 0 Å². The van der Waals surface area contributed by atoms with Gasteiger partial charge >= 0.3 is 0 Å². The molecule has 0 bridgehead atoms. The summed E-state index contributed by atoms with van der Waals surface area (Å²) in [6.07, 6.45) is 0. The Balaban J connectivity index is 3.05. The van der Waals surface area contributed by atoms with E-state index >= 15 is 0 Å². The molecule has 0 aliphatic heterocycles. The van der Waals surface area contributed by atoms with Crippen LogP contribution in [-0.4, -0.2) is 23.1 Å². The molecule has 1 aromatic heterocycles. The smallest absolute Gasteiger partial charge is 0.194 e. The van der Waals surface area contributed by atoms with Gasteiger partial charge in [0, 0.05) is 6.92 Å². The van der Waals surface area contributed by atoms with Crippen molar-refractivity contribution in [1.82, 2.24) is 4.98 Å². The first-order valence-corrected chi connectivity index (χ1v) is 3.86. The second-order valence-electron chi connectivity index (χ2n) is 2.59. The van der Waals surface area contributed by atoms with Crippen molar-refractivity contribution in [2.45, 2.75) is 6.92 Å². The highest BCUT2D eigenvalue weighted by Gasteiger charge is 2.07. The van der Waals surface area contributed by atoms with Crippen LogP contribution in [0.25, 0.3) is 0 Å². The van der Waals surface area contributed by atoms with Gasteiger partial charge in [0.05, 0.1) is 6.54 Å². The quantitative estimate of drug-likeness (QED) is 0.681. The summed E-state index contributed by atoms with van der Waals surface area (Å²) in [7, 11) is 0. The molecule has 0 aliphatic rings. The van der Waals surface area contributed by atoms with Crippen molar-refractivity contribution in [1.29, 1.82) is 0 Å². The van der Waals surface area contributed by atoms with Gasteiger partial charge in [-0.25, -0.2) is 4.98 Å². The van der Waals surface area contributed by atoms with Gasteiger partial charge in [-0.2, -0.15) is 0 Å². The Bertz CT molecular complexity index is 347. The van der Waals surface area contributed by atoms with Crippen molar-refractivity contribution < 1.29 is 9.59 Å². The number of ketones is 2. The molecule has 0 aliphatic carbocycles. The third kappa shape index (κ3) is 2.19. The van der Waals surface area contributed by atoms with E-state index in [9.17, 15) is 9.59 Å². The highest BCUT2D eigenvalue weighted by atomic mass is 16.1. The predicted molar refractivity (Wildman–Crippen MR) is 47.6 cm³/mol. The van der Waals surface area contributed by atoms with Crippen molar-refractivity contribution in [3.63, 3.8) is 0 Å². The molecule has 68 valence electrons. The van der Waals surface area contributed by atoms with Gasteiger partial charge in [-0.05, 0) is 12.1 Å². The van der Waals surface area contributed by atoms with Gasteiger partial charge in [0.2, 0.25) is 0 Å². The number of carbonyl (C=O) groups excluding carboxylic acids is 2. The van der Waals surface area contributed by atoms with Crippen LogP contribution in [0.15, 0.2) is 18.2 Å². The Morgan fingerprint density at radius 3 is 2.54 bits per heavy atom. The van der Waals surface area contributed by atoms with Crippen LogP contribution in [0.5, 0.6) is 0 Å². The Labute approximate surface area is 75.8 Å². The van der Waals surface area contributed by atoms with Crippen molar-refractivity contribution in [2.24, 2.45) is 5.73 Å². The SMILES string of the molecule is CC(=O)c1cccc(C(=O)CN)n1. The first kappa shape index (κ1) is 9.54. The molecule has 1 aromatic rings. The molecule has 4 heteroatoms. The summed E-state index contributed by atoms with van der Waals surface area (Å²) in [5, 5.41) is 0. The van der Waals surface area contributed by atoms with Crippen LogP contribution in [0.4, 0.5) is 0 Å². The maximum absolute atomic E-state index is 11.1. The third-order valence-electron chi connectivity index (χ3n) is 1.58. The van der Waals surface area contributed by atoms with E-state index < -0.39 is 0 Å². The summed E-state index contributed by atoms with van der Waals surface area (Å²) in [4.78, 5) is 25.9. The number of pyridine rings is 1. The Morgan fingerprint density at radius 1 is 1.38 bits per heavy atom. The molecule has 1 heterocycles. The predicted octanol–water partition coefficient (Wildman–Crippen LogP) is 0.426. The summed E-state index contributed by atoms with van der Waals surface area (Å²) in [6, 6.07) is 4.73. The highest BCUT2D eigenvalue weighted by Crippen LogP contribution is 2.00. The first-order valence-electron chi connectivity index (χ1n) is 3.86. The second-order valence-corrected chi connectivity index (χ2v) is 2.59. The molecule has 4 nitrogen and oxygen atoms in total. The van der Waals surface area contributed by atoms with Gasteiger partial charge in [0.1, 0.15) is 11.4 Å². The highest BCUT2D eigenvalue weighted by molar-refractivity contribution is 5.98. The molecule has 0 fully saturated rings. The van der Waals surface area contributed by atoms with Gasteiger partial charge in [0.15, 0.2) is 11.6 Å². The summed E-state index contributed by atoms with van der Waals surface area (Å²) in [6.45, 7) is 1.31. The number of aromatic nitrogens is 1. The van der Waals surface area contributed by atoms with E-state index in [4.69, 9.17) is 5.73 Å². The largest absolute Gasteiger partial charge is 0.324 e. The van der Waals surface area contributed by atoms with Crippen molar-refractivity contribution in [3.8, 4) is 0 Å². The molecule has 0 amide bonds. The third-order valence-corrected chi connectivity index (χ3v) is 1.58. The molecule has 0 aromatic carbocycles. The van der Waals surface area contributed by atoms with Gasteiger partial charge in [0.25, 0.3) is 0 Å². The minimum atomic E-state index is -0.261. The number of nitrogens with zero attached hydrogens (tertiary/aromatic N) is 1. The van der Waals surface area contributed by atoms with Crippen LogP contribution in [0.1, 0.15) is 27.9 Å². The lowest BCUT2D eigenvalue weighted by molar-refractivity contribution is 0.0995. The molecule has 0 spiro atoms. The molecule has 0 radical (unpaired) electrons. The van der Waals surface area contributed by atoms with Crippen LogP contribution < -0.4 is 5.73 Å². The number of nitrogens with two attached hydrogens (primary N) is 1. The number of hydrogen-bond donors (Lipinski definition) is 1. The minimum Gasteiger partial charge on any atom is -0.324 e. The molecular weight excluding hydrogens is 168 g/mol. The van der Waals surface area contributed by atoms with Gasteiger partial charge in [-0.15, -0.1) is 0 Å². The molecule has 2 N–H and O–H groups in total. The van der Waals surface area contributed by atoms with Crippen molar-refractivity contribution >= 4 is 11.6 Å². The number of Topliss-reactive ketones (excluding diaryl/α,β-unsaturated/α-hetero) is 2. The zero-order valence-corrected chi connectivity index (χ0v) is 7.28.